The van der Waals surface area contributed by atoms with E-state index in [0.29, 0.717) is 19.5 Å². The van der Waals surface area contributed by atoms with Gasteiger partial charge in [0, 0.05) is 31.1 Å². The highest BCUT2D eigenvalue weighted by Crippen LogP contribution is 2.13. The molecule has 130 valence electrons. The fraction of sp³-hybridized carbons (Fsp3) is 0.444. The van der Waals surface area contributed by atoms with Gasteiger partial charge in [-0.05, 0) is 37.0 Å². The Labute approximate surface area is 142 Å². The van der Waals surface area contributed by atoms with Crippen LogP contribution in [0.25, 0.3) is 0 Å². The normalized spacial score (nSPS) is 13.3. The van der Waals surface area contributed by atoms with Crippen LogP contribution in [0, 0.1) is 0 Å². The minimum atomic E-state index is -0.388. The molecule has 1 aromatic carbocycles. The van der Waals surface area contributed by atoms with Gasteiger partial charge in [-0.1, -0.05) is 31.2 Å². The first-order valence-electron chi connectivity index (χ1n) is 8.27. The number of aromatic nitrogens is 2. The Hall–Kier alpha value is -2.34. The van der Waals surface area contributed by atoms with Gasteiger partial charge in [-0.15, -0.1) is 0 Å². The van der Waals surface area contributed by atoms with Gasteiger partial charge in [0.05, 0.1) is 6.54 Å². The number of carbonyl (C=O) groups excluding carboxylic acids is 1. The summed E-state index contributed by atoms with van der Waals surface area (Å²) in [4.78, 5) is 12.1. The summed E-state index contributed by atoms with van der Waals surface area (Å²) in [6, 6.07) is 9.75. The van der Waals surface area contributed by atoms with Gasteiger partial charge in [0.1, 0.15) is 0 Å². The standard InChI is InChI=1S/C18H26N4O2/c1-3-18(2,8-11-23)21-17(24)19-13-15-6-4-7-16(12-15)14-22-10-5-9-20-22/h4-7,9-10,12,23H,3,8,11,13-14H2,1-2H3,(H2,19,21,24). The monoisotopic (exact) mass is 330 g/mol. The van der Waals surface area contributed by atoms with Gasteiger partial charge < -0.3 is 15.7 Å². The first-order valence-corrected chi connectivity index (χ1v) is 8.27. The number of aliphatic hydroxyl groups is 1. The zero-order chi connectivity index (χ0) is 17.4. The number of benzene rings is 1. The molecule has 0 saturated heterocycles. The molecule has 1 unspecified atom stereocenters. The average Bonchev–Trinajstić information content (AvgIpc) is 3.06. The van der Waals surface area contributed by atoms with Crippen LogP contribution in [0.3, 0.4) is 0 Å². The molecule has 0 saturated carbocycles. The van der Waals surface area contributed by atoms with Gasteiger partial charge in [-0.2, -0.15) is 5.10 Å². The Morgan fingerprint density at radius 2 is 2.12 bits per heavy atom. The first-order chi connectivity index (χ1) is 11.5. The highest BCUT2D eigenvalue weighted by atomic mass is 16.3. The van der Waals surface area contributed by atoms with Crippen molar-refractivity contribution in [1.82, 2.24) is 20.4 Å². The molecule has 1 atom stereocenters. The molecule has 1 aromatic heterocycles. The Kier molecular flexibility index (Phi) is 6.37. The molecule has 0 aliphatic rings. The Morgan fingerprint density at radius 3 is 2.79 bits per heavy atom. The van der Waals surface area contributed by atoms with Crippen molar-refractivity contribution in [3.63, 3.8) is 0 Å². The van der Waals surface area contributed by atoms with Crippen molar-refractivity contribution in [2.45, 2.75) is 45.3 Å². The molecule has 6 heteroatoms. The number of rotatable bonds is 8. The predicted octanol–water partition coefficient (Wildman–Crippen LogP) is 2.28. The van der Waals surface area contributed by atoms with E-state index in [9.17, 15) is 4.79 Å². The summed E-state index contributed by atoms with van der Waals surface area (Å²) in [5, 5.41) is 19.1. The van der Waals surface area contributed by atoms with Crippen molar-refractivity contribution in [3.05, 3.63) is 53.9 Å². The third-order valence-electron chi connectivity index (χ3n) is 4.21. The number of hydrogen-bond donors (Lipinski definition) is 3. The lowest BCUT2D eigenvalue weighted by molar-refractivity contribution is 0.200. The quantitative estimate of drug-likeness (QED) is 0.695. The van der Waals surface area contributed by atoms with Gasteiger partial charge in [-0.3, -0.25) is 4.68 Å². The SMILES string of the molecule is CCC(C)(CCO)NC(=O)NCc1cccc(Cn2cccn2)c1. The van der Waals surface area contributed by atoms with E-state index in [1.54, 1.807) is 6.20 Å². The van der Waals surface area contributed by atoms with E-state index in [4.69, 9.17) is 5.11 Å². The Balaban J connectivity index is 1.88. The number of nitrogens with zero attached hydrogens (tertiary/aromatic N) is 2. The second kappa shape index (κ2) is 8.49. The van der Waals surface area contributed by atoms with Crippen molar-refractivity contribution < 1.29 is 9.90 Å². The number of amides is 2. The first kappa shape index (κ1) is 18.0. The smallest absolute Gasteiger partial charge is 0.315 e. The molecule has 0 aliphatic carbocycles. The molecule has 3 N–H and O–H groups in total. The van der Waals surface area contributed by atoms with E-state index in [1.165, 1.54) is 0 Å². The maximum absolute atomic E-state index is 12.1. The summed E-state index contributed by atoms with van der Waals surface area (Å²) in [5.41, 5.74) is 1.79. The predicted molar refractivity (Wildman–Crippen MR) is 93.5 cm³/mol. The molecule has 1 heterocycles. The van der Waals surface area contributed by atoms with Crippen molar-refractivity contribution in [3.8, 4) is 0 Å². The zero-order valence-electron chi connectivity index (χ0n) is 14.3. The second-order valence-corrected chi connectivity index (χ2v) is 6.22. The fourth-order valence-corrected chi connectivity index (χ4v) is 2.49. The van der Waals surface area contributed by atoms with E-state index in [-0.39, 0.29) is 18.2 Å². The third-order valence-corrected chi connectivity index (χ3v) is 4.21. The van der Waals surface area contributed by atoms with Crippen molar-refractivity contribution in [1.29, 1.82) is 0 Å². The van der Waals surface area contributed by atoms with Crippen LogP contribution in [0.2, 0.25) is 0 Å². The average molecular weight is 330 g/mol. The summed E-state index contributed by atoms with van der Waals surface area (Å²) in [5.74, 6) is 0. The van der Waals surface area contributed by atoms with Crippen LogP contribution >= 0.6 is 0 Å². The summed E-state index contributed by atoms with van der Waals surface area (Å²) >= 11 is 0. The molecule has 0 aliphatic heterocycles. The van der Waals surface area contributed by atoms with Crippen molar-refractivity contribution >= 4 is 6.03 Å². The summed E-state index contributed by atoms with van der Waals surface area (Å²) in [6.07, 6.45) is 4.98. The lowest BCUT2D eigenvalue weighted by Gasteiger charge is -2.29. The van der Waals surface area contributed by atoms with E-state index in [0.717, 1.165) is 17.5 Å². The third kappa shape index (κ3) is 5.38. The number of urea groups is 1. The molecule has 0 spiro atoms. The Bertz CT molecular complexity index is 642. The second-order valence-electron chi connectivity index (χ2n) is 6.22. The van der Waals surface area contributed by atoms with Gasteiger partial charge in [0.15, 0.2) is 0 Å². The molecule has 24 heavy (non-hydrogen) atoms. The van der Waals surface area contributed by atoms with Crippen LogP contribution < -0.4 is 10.6 Å². The maximum Gasteiger partial charge on any atom is 0.315 e. The molecule has 2 amide bonds. The van der Waals surface area contributed by atoms with Crippen LogP contribution in [-0.2, 0) is 13.1 Å². The minimum Gasteiger partial charge on any atom is -0.396 e. The highest BCUT2D eigenvalue weighted by Gasteiger charge is 2.23. The van der Waals surface area contributed by atoms with E-state index in [2.05, 4.69) is 21.8 Å². The Morgan fingerprint density at radius 1 is 1.33 bits per heavy atom. The highest BCUT2D eigenvalue weighted by molar-refractivity contribution is 5.74. The lowest BCUT2D eigenvalue weighted by atomic mass is 9.95. The maximum atomic E-state index is 12.1. The van der Waals surface area contributed by atoms with E-state index >= 15 is 0 Å². The summed E-state index contributed by atoms with van der Waals surface area (Å²) in [6.45, 7) is 5.15. The largest absolute Gasteiger partial charge is 0.396 e. The fourth-order valence-electron chi connectivity index (χ4n) is 2.49. The van der Waals surface area contributed by atoms with Crippen molar-refractivity contribution in [2.75, 3.05) is 6.61 Å². The van der Waals surface area contributed by atoms with Crippen LogP contribution in [0.5, 0.6) is 0 Å². The number of nitrogens with one attached hydrogen (secondary N) is 2. The summed E-state index contributed by atoms with van der Waals surface area (Å²) in [7, 11) is 0. The van der Waals surface area contributed by atoms with Gasteiger partial charge in [0.2, 0.25) is 0 Å². The van der Waals surface area contributed by atoms with Crippen LogP contribution in [-0.4, -0.2) is 33.1 Å². The van der Waals surface area contributed by atoms with Gasteiger partial charge in [-0.25, -0.2) is 4.79 Å². The molecule has 2 rings (SSSR count). The lowest BCUT2D eigenvalue weighted by Crippen LogP contribution is -2.50. The van der Waals surface area contributed by atoms with Crippen LogP contribution in [0.15, 0.2) is 42.7 Å². The van der Waals surface area contributed by atoms with Gasteiger partial charge >= 0.3 is 6.03 Å². The molecule has 0 fully saturated rings. The molecule has 2 aromatic rings. The molecule has 0 bridgehead atoms. The van der Waals surface area contributed by atoms with E-state index in [1.807, 2.05) is 49.0 Å². The van der Waals surface area contributed by atoms with Crippen molar-refractivity contribution in [2.24, 2.45) is 0 Å². The number of hydrogen-bond acceptors (Lipinski definition) is 3. The topological polar surface area (TPSA) is 79.2 Å². The van der Waals surface area contributed by atoms with E-state index < -0.39 is 0 Å². The van der Waals surface area contributed by atoms with Gasteiger partial charge in [0.25, 0.3) is 0 Å². The zero-order valence-corrected chi connectivity index (χ0v) is 14.3. The molecule has 6 nitrogen and oxygen atoms in total. The summed E-state index contributed by atoms with van der Waals surface area (Å²) < 4.78 is 1.86. The number of carbonyl (C=O) groups is 1. The molecular formula is C18H26N4O2. The minimum absolute atomic E-state index is 0.0556. The van der Waals surface area contributed by atoms with Crippen LogP contribution in [0.4, 0.5) is 4.79 Å². The number of aliphatic hydroxyl groups excluding tert-OH is 1. The molecule has 0 radical (unpaired) electrons. The molecular weight excluding hydrogens is 304 g/mol. The van der Waals surface area contributed by atoms with Crippen LogP contribution in [0.1, 0.15) is 37.8 Å².